The van der Waals surface area contributed by atoms with Gasteiger partial charge in [0.2, 0.25) is 0 Å². The zero-order valence-corrected chi connectivity index (χ0v) is 17.0. The number of hydrogen-bond donors (Lipinski definition) is 0. The molecule has 0 aliphatic heterocycles. The highest BCUT2D eigenvalue weighted by molar-refractivity contribution is 5.56. The lowest BCUT2D eigenvalue weighted by Crippen LogP contribution is -1.97. The lowest BCUT2D eigenvalue weighted by atomic mass is 9.95. The summed E-state index contributed by atoms with van der Waals surface area (Å²) in [7, 11) is 0. The molecule has 3 nitrogen and oxygen atoms in total. The van der Waals surface area contributed by atoms with Gasteiger partial charge in [-0.05, 0) is 66.6 Å². The van der Waals surface area contributed by atoms with E-state index in [-0.39, 0.29) is 12.8 Å². The molecule has 0 radical (unpaired) electrons. The van der Waals surface area contributed by atoms with Gasteiger partial charge in [-0.25, -0.2) is 0 Å². The SMILES string of the molecule is Cc1ccc(C#Cc2cc(CC#N)c(C#Cc3ccc(C#N)cc3)cc2CC#N)cc1. The molecule has 0 atom stereocenters. The van der Waals surface area contributed by atoms with Crippen LogP contribution >= 0.6 is 0 Å². The quantitative estimate of drug-likeness (QED) is 0.585. The van der Waals surface area contributed by atoms with Crippen molar-refractivity contribution in [2.75, 3.05) is 0 Å². The molecular weight excluding hydrogens is 378 g/mol. The van der Waals surface area contributed by atoms with E-state index in [2.05, 4.69) is 41.9 Å². The first-order valence-corrected chi connectivity index (χ1v) is 9.63. The molecular formula is C28H17N3. The minimum absolute atomic E-state index is 0.198. The van der Waals surface area contributed by atoms with Gasteiger partial charge in [-0.2, -0.15) is 15.8 Å². The van der Waals surface area contributed by atoms with Crippen LogP contribution in [0.4, 0.5) is 0 Å². The van der Waals surface area contributed by atoms with E-state index in [4.69, 9.17) is 5.26 Å². The van der Waals surface area contributed by atoms with Gasteiger partial charge in [-0.1, -0.05) is 41.4 Å². The molecule has 3 aromatic carbocycles. The van der Waals surface area contributed by atoms with Crippen LogP contribution in [-0.4, -0.2) is 0 Å². The van der Waals surface area contributed by atoms with Gasteiger partial charge in [-0.3, -0.25) is 0 Å². The van der Waals surface area contributed by atoms with Gasteiger partial charge in [0.05, 0.1) is 36.6 Å². The third-order valence-corrected chi connectivity index (χ3v) is 4.62. The van der Waals surface area contributed by atoms with Crippen LogP contribution in [0.5, 0.6) is 0 Å². The molecule has 0 fully saturated rings. The van der Waals surface area contributed by atoms with Gasteiger partial charge in [0.1, 0.15) is 0 Å². The van der Waals surface area contributed by atoms with Gasteiger partial charge in [0.15, 0.2) is 0 Å². The predicted octanol–water partition coefficient (Wildman–Crippen LogP) is 4.80. The molecule has 0 aliphatic carbocycles. The topological polar surface area (TPSA) is 71.4 Å². The molecule has 3 aromatic rings. The lowest BCUT2D eigenvalue weighted by Gasteiger charge is -2.07. The molecule has 0 aliphatic rings. The predicted molar refractivity (Wildman–Crippen MR) is 119 cm³/mol. The first-order chi connectivity index (χ1) is 15.1. The van der Waals surface area contributed by atoms with Crippen molar-refractivity contribution in [3.05, 3.63) is 105 Å². The fourth-order valence-electron chi connectivity index (χ4n) is 2.93. The second-order valence-electron chi connectivity index (χ2n) is 6.89. The van der Waals surface area contributed by atoms with Crippen LogP contribution in [0.15, 0.2) is 60.7 Å². The van der Waals surface area contributed by atoms with Crippen LogP contribution in [0.25, 0.3) is 0 Å². The van der Waals surface area contributed by atoms with Crippen LogP contribution in [0.1, 0.15) is 44.5 Å². The third-order valence-electron chi connectivity index (χ3n) is 4.62. The lowest BCUT2D eigenvalue weighted by molar-refractivity contribution is 1.19. The smallest absolute Gasteiger partial charge is 0.0991 e. The van der Waals surface area contributed by atoms with Gasteiger partial charge in [0, 0.05) is 22.3 Å². The maximum atomic E-state index is 9.27. The standard InChI is InChI=1S/C28H17N3/c1-21-2-4-22(5-3-21)10-12-25-18-28(15-17-30)26(19-27(25)14-16-29)13-11-23-6-8-24(20-31)9-7-23/h2-9,18-19H,14-15H2,1H3. The first-order valence-electron chi connectivity index (χ1n) is 9.63. The van der Waals surface area contributed by atoms with Gasteiger partial charge in [-0.15, -0.1) is 0 Å². The van der Waals surface area contributed by atoms with E-state index in [9.17, 15) is 10.5 Å². The summed E-state index contributed by atoms with van der Waals surface area (Å²) in [5, 5.41) is 27.4. The monoisotopic (exact) mass is 395 g/mol. The van der Waals surface area contributed by atoms with Crippen LogP contribution in [-0.2, 0) is 12.8 Å². The zero-order chi connectivity index (χ0) is 22.1. The number of hydrogen-bond acceptors (Lipinski definition) is 3. The largest absolute Gasteiger partial charge is 0.198 e. The molecule has 3 rings (SSSR count). The molecule has 0 aromatic heterocycles. The summed E-state index contributed by atoms with van der Waals surface area (Å²) >= 11 is 0. The molecule has 144 valence electrons. The fraction of sp³-hybridized carbons (Fsp3) is 0.107. The second-order valence-corrected chi connectivity index (χ2v) is 6.89. The minimum Gasteiger partial charge on any atom is -0.198 e. The van der Waals surface area contributed by atoms with Crippen molar-refractivity contribution in [2.45, 2.75) is 19.8 Å². The summed E-state index contributed by atoms with van der Waals surface area (Å²) < 4.78 is 0. The summed E-state index contributed by atoms with van der Waals surface area (Å²) in [6, 6.07) is 25.1. The first kappa shape index (κ1) is 21.0. The Morgan fingerprint density at radius 1 is 0.581 bits per heavy atom. The van der Waals surface area contributed by atoms with Crippen molar-refractivity contribution in [1.82, 2.24) is 0 Å². The maximum absolute atomic E-state index is 9.27. The van der Waals surface area contributed by atoms with E-state index in [0.717, 1.165) is 33.4 Å². The number of nitriles is 3. The Hall–Kier alpha value is -4.75. The highest BCUT2D eigenvalue weighted by Gasteiger charge is 2.08. The van der Waals surface area contributed by atoms with Crippen LogP contribution < -0.4 is 0 Å². The Kier molecular flexibility index (Phi) is 6.87. The van der Waals surface area contributed by atoms with Crippen molar-refractivity contribution in [1.29, 1.82) is 15.8 Å². The van der Waals surface area contributed by atoms with Crippen LogP contribution in [0.2, 0.25) is 0 Å². The molecule has 0 heterocycles. The number of rotatable bonds is 2. The molecule has 3 heteroatoms. The summed E-state index contributed by atoms with van der Waals surface area (Å²) in [5.74, 6) is 12.5. The van der Waals surface area contributed by atoms with E-state index >= 15 is 0 Å². The van der Waals surface area contributed by atoms with E-state index in [1.54, 1.807) is 24.3 Å². The fourth-order valence-corrected chi connectivity index (χ4v) is 2.93. The number of aryl methyl sites for hydroxylation is 1. The maximum Gasteiger partial charge on any atom is 0.0991 e. The Bertz CT molecular complexity index is 1350. The van der Waals surface area contributed by atoms with Crippen molar-refractivity contribution < 1.29 is 0 Å². The number of benzene rings is 3. The highest BCUT2D eigenvalue weighted by atomic mass is 14.2. The second kappa shape index (κ2) is 10.1. The summed E-state index contributed by atoms with van der Waals surface area (Å²) in [4.78, 5) is 0. The van der Waals surface area contributed by atoms with E-state index in [1.165, 1.54) is 0 Å². The molecule has 0 amide bonds. The average molecular weight is 395 g/mol. The molecule has 0 spiro atoms. The molecule has 0 saturated heterocycles. The normalized spacial score (nSPS) is 9.10. The van der Waals surface area contributed by atoms with E-state index < -0.39 is 0 Å². The van der Waals surface area contributed by atoms with Crippen LogP contribution in [0, 0.1) is 64.6 Å². The Morgan fingerprint density at radius 3 is 1.42 bits per heavy atom. The van der Waals surface area contributed by atoms with Gasteiger partial charge in [0.25, 0.3) is 0 Å². The Morgan fingerprint density at radius 2 is 1.00 bits per heavy atom. The Labute approximate surface area is 182 Å². The minimum atomic E-state index is 0.198. The Balaban J connectivity index is 2.03. The zero-order valence-electron chi connectivity index (χ0n) is 17.0. The molecule has 0 unspecified atom stereocenters. The average Bonchev–Trinajstić information content (AvgIpc) is 2.79. The molecule has 31 heavy (non-hydrogen) atoms. The van der Waals surface area contributed by atoms with Crippen LogP contribution in [0.3, 0.4) is 0 Å². The number of nitrogens with zero attached hydrogens (tertiary/aromatic N) is 3. The van der Waals surface area contributed by atoms with Gasteiger partial charge >= 0.3 is 0 Å². The van der Waals surface area contributed by atoms with Crippen molar-refractivity contribution in [3.63, 3.8) is 0 Å². The molecule has 0 bridgehead atoms. The van der Waals surface area contributed by atoms with Crippen molar-refractivity contribution in [3.8, 4) is 41.9 Å². The molecule has 0 saturated carbocycles. The summed E-state index contributed by atoms with van der Waals surface area (Å²) in [5.41, 5.74) is 6.40. The van der Waals surface area contributed by atoms with Crippen molar-refractivity contribution in [2.24, 2.45) is 0 Å². The third kappa shape index (κ3) is 5.63. The van der Waals surface area contributed by atoms with E-state index in [1.807, 2.05) is 43.3 Å². The molecule has 0 N–H and O–H groups in total. The summed E-state index contributed by atoms with van der Waals surface area (Å²) in [6.45, 7) is 2.02. The van der Waals surface area contributed by atoms with Crippen molar-refractivity contribution >= 4 is 0 Å². The summed E-state index contributed by atoms with van der Waals surface area (Å²) in [6.07, 6.45) is 0.402. The van der Waals surface area contributed by atoms with E-state index in [0.29, 0.717) is 11.1 Å². The van der Waals surface area contributed by atoms with Gasteiger partial charge < -0.3 is 0 Å². The highest BCUT2D eigenvalue weighted by Crippen LogP contribution is 2.18.